The molecule has 0 spiro atoms. The third-order valence-electron chi connectivity index (χ3n) is 8.08. The quantitative estimate of drug-likeness (QED) is 0.103. The van der Waals surface area contributed by atoms with Gasteiger partial charge in [0, 0.05) is 76.6 Å². The van der Waals surface area contributed by atoms with E-state index in [1.807, 2.05) is 92.7 Å². The molecule has 0 heterocycles. The molecular formula is C37H35ClN2NaO6S2. The second kappa shape index (κ2) is 16.6. The van der Waals surface area contributed by atoms with Gasteiger partial charge in [0.1, 0.15) is 16.7 Å². The Labute approximate surface area is 315 Å². The molecule has 0 saturated carbocycles. The van der Waals surface area contributed by atoms with Crippen LogP contribution in [0.4, 0.5) is 5.69 Å². The van der Waals surface area contributed by atoms with Gasteiger partial charge in [0.25, 0.3) is 10.1 Å². The summed E-state index contributed by atoms with van der Waals surface area (Å²) in [6.07, 6.45) is 8.11. The van der Waals surface area contributed by atoms with Crippen molar-refractivity contribution in [3.63, 3.8) is 0 Å². The minimum absolute atomic E-state index is 0. The van der Waals surface area contributed by atoms with Crippen LogP contribution in [0.5, 0.6) is 0 Å². The van der Waals surface area contributed by atoms with Gasteiger partial charge in [0.05, 0.1) is 9.79 Å². The second-order valence-corrected chi connectivity index (χ2v) is 14.4. The Balaban J connectivity index is 0.00000541. The third-order valence-corrected chi connectivity index (χ3v) is 10.1. The molecule has 0 fully saturated rings. The molecule has 1 radical (unpaired) electrons. The molecule has 0 aliphatic heterocycles. The number of halogens is 1. The van der Waals surface area contributed by atoms with Crippen molar-refractivity contribution in [3.05, 3.63) is 154 Å². The molecule has 5 rings (SSSR count). The van der Waals surface area contributed by atoms with E-state index >= 15 is 0 Å². The summed E-state index contributed by atoms with van der Waals surface area (Å²) in [6, 6.07) is 28.1. The average molecular weight is 726 g/mol. The van der Waals surface area contributed by atoms with Crippen LogP contribution >= 0.6 is 11.6 Å². The van der Waals surface area contributed by atoms with Crippen molar-refractivity contribution in [3.8, 4) is 0 Å². The van der Waals surface area contributed by atoms with Crippen molar-refractivity contribution in [2.75, 3.05) is 18.0 Å². The van der Waals surface area contributed by atoms with Gasteiger partial charge in [-0.3, -0.25) is 4.55 Å². The van der Waals surface area contributed by atoms with Gasteiger partial charge in [0.15, 0.2) is 12.3 Å². The van der Waals surface area contributed by atoms with Crippen LogP contribution < -0.4 is 4.90 Å². The zero-order chi connectivity index (χ0) is 34.5. The first-order valence-electron chi connectivity index (χ1n) is 15.3. The van der Waals surface area contributed by atoms with Gasteiger partial charge in [0.2, 0.25) is 0 Å². The summed E-state index contributed by atoms with van der Waals surface area (Å²) in [6.45, 7) is 6.23. The molecule has 49 heavy (non-hydrogen) atoms. The van der Waals surface area contributed by atoms with E-state index in [1.165, 1.54) is 24.3 Å². The van der Waals surface area contributed by atoms with Gasteiger partial charge in [-0.2, -0.15) is 8.42 Å². The van der Waals surface area contributed by atoms with E-state index < -0.39 is 20.2 Å². The molecule has 4 aromatic rings. The molecule has 4 aromatic carbocycles. The summed E-state index contributed by atoms with van der Waals surface area (Å²) in [4.78, 5) is 1.71. The number of hydrogen-bond acceptors (Lipinski definition) is 6. The van der Waals surface area contributed by atoms with E-state index in [2.05, 4.69) is 9.48 Å². The van der Waals surface area contributed by atoms with Crippen LogP contribution in [0, 0.1) is 0 Å². The summed E-state index contributed by atoms with van der Waals surface area (Å²) in [5.74, 6) is 0. The molecule has 0 saturated heterocycles. The summed E-state index contributed by atoms with van der Waals surface area (Å²) in [5.41, 5.74) is 7.06. The zero-order valence-corrected chi connectivity index (χ0v) is 31.8. The molecular weight excluding hydrogens is 691 g/mol. The Kier molecular flexibility index (Phi) is 13.0. The third kappa shape index (κ3) is 9.68. The van der Waals surface area contributed by atoms with Crippen molar-refractivity contribution in [2.24, 2.45) is 0 Å². The van der Waals surface area contributed by atoms with E-state index in [9.17, 15) is 25.9 Å². The first-order chi connectivity index (χ1) is 22.9. The predicted octanol–water partition coefficient (Wildman–Crippen LogP) is 6.74. The molecule has 1 aliphatic rings. The Bertz CT molecular complexity index is 2160. The second-order valence-electron chi connectivity index (χ2n) is 11.2. The molecule has 0 bridgehead atoms. The normalized spacial score (nSPS) is 12.8. The smallest absolute Gasteiger partial charge is 0.294 e. The minimum Gasteiger partial charge on any atom is -0.744 e. The maximum atomic E-state index is 11.7. The van der Waals surface area contributed by atoms with Gasteiger partial charge >= 0.3 is 0 Å². The summed E-state index contributed by atoms with van der Waals surface area (Å²) < 4.78 is 69.5. The molecule has 12 heteroatoms. The monoisotopic (exact) mass is 725 g/mol. The maximum Gasteiger partial charge on any atom is 0.294 e. The number of hydrogen-bond donors (Lipinski definition) is 1. The van der Waals surface area contributed by atoms with Gasteiger partial charge in [-0.25, -0.2) is 13.0 Å². The minimum atomic E-state index is -4.55. The molecule has 0 amide bonds. The van der Waals surface area contributed by atoms with Crippen molar-refractivity contribution < 1.29 is 30.5 Å². The Morgan fingerprint density at radius 2 is 1.41 bits per heavy atom. The first-order valence-corrected chi connectivity index (χ1v) is 18.5. The van der Waals surface area contributed by atoms with Crippen molar-refractivity contribution >= 4 is 78.4 Å². The number of allylic oxidation sites excluding steroid dienone is 5. The Morgan fingerprint density at radius 3 is 2.00 bits per heavy atom. The van der Waals surface area contributed by atoms with Crippen LogP contribution in [0.1, 0.15) is 36.1 Å². The molecule has 0 unspecified atom stereocenters. The number of rotatable bonds is 11. The number of benzene rings is 4. The number of nitrogens with zero attached hydrogens (tertiary/aromatic N) is 2. The summed E-state index contributed by atoms with van der Waals surface area (Å²) in [5, 5.41) is 0.609. The predicted molar refractivity (Wildman–Crippen MR) is 195 cm³/mol. The van der Waals surface area contributed by atoms with Crippen LogP contribution in [0.25, 0.3) is 5.57 Å². The summed E-state index contributed by atoms with van der Waals surface area (Å²) >= 11 is 6.73. The topological polar surface area (TPSA) is 118 Å². The molecule has 0 atom stereocenters. The van der Waals surface area contributed by atoms with Crippen LogP contribution in [0.15, 0.2) is 137 Å². The van der Waals surface area contributed by atoms with Gasteiger partial charge in [-0.1, -0.05) is 66.2 Å². The fourth-order valence-electron chi connectivity index (χ4n) is 5.64. The summed E-state index contributed by atoms with van der Waals surface area (Å²) in [7, 11) is -8.85. The van der Waals surface area contributed by atoms with Gasteiger partial charge in [-0.05, 0) is 90.7 Å². The van der Waals surface area contributed by atoms with E-state index in [-0.39, 0.29) is 39.3 Å². The van der Waals surface area contributed by atoms with Crippen LogP contribution in [-0.2, 0) is 33.3 Å². The maximum absolute atomic E-state index is 11.7. The van der Waals surface area contributed by atoms with Crippen LogP contribution in [0.3, 0.4) is 0 Å². The Hall–Kier alpha value is -3.32. The molecule has 8 nitrogen and oxygen atoms in total. The van der Waals surface area contributed by atoms with E-state index in [4.69, 9.17) is 11.6 Å². The van der Waals surface area contributed by atoms with Gasteiger partial charge in [-0.15, -0.1) is 0 Å². The largest absolute Gasteiger partial charge is 0.744 e. The van der Waals surface area contributed by atoms with Crippen molar-refractivity contribution in [2.45, 2.75) is 36.7 Å². The van der Waals surface area contributed by atoms with Crippen molar-refractivity contribution in [1.29, 1.82) is 0 Å². The first kappa shape index (κ1) is 38.5. The SMILES string of the molecule is CCN(Cc1cccc(S(=O)(=O)[O-])c1)c1ccc(C(=C2C=CC(=[N+](CC)Cc3cccc(S(=O)(=O)O)c3)C=C2)c2ccccc2Cl)cc1.[Na]. The van der Waals surface area contributed by atoms with E-state index in [0.29, 0.717) is 36.8 Å². The number of anilines is 1. The standard InChI is InChI=1S/C37H35ClN2O6S2.Na/c1-3-39(25-27-9-7-11-33(23-27)47(41,42)43)31-19-15-29(16-20-31)37(35-13-5-6-14-36(35)38)30-17-21-32(22-18-30)40(4-2)26-28-10-8-12-34(24-28)48(44,45)46;/h5-24H,3-4,25-26H2,1-2H3,(H-,41,42,43,44,45,46);. The molecule has 0 aromatic heterocycles. The fraction of sp³-hybridized carbons (Fsp3) is 0.162. The Morgan fingerprint density at radius 1 is 0.796 bits per heavy atom. The molecule has 1 N–H and O–H groups in total. The van der Waals surface area contributed by atoms with Crippen LogP contribution in [-0.4, -0.2) is 78.9 Å². The molecule has 1 aliphatic carbocycles. The van der Waals surface area contributed by atoms with Crippen molar-refractivity contribution in [1.82, 2.24) is 0 Å². The van der Waals surface area contributed by atoms with E-state index in [1.54, 1.807) is 18.2 Å². The van der Waals surface area contributed by atoms with E-state index in [0.717, 1.165) is 39.2 Å². The van der Waals surface area contributed by atoms with Crippen LogP contribution in [0.2, 0.25) is 5.02 Å². The fourth-order valence-corrected chi connectivity index (χ4v) is 6.96. The zero-order valence-electron chi connectivity index (χ0n) is 27.5. The average Bonchev–Trinajstić information content (AvgIpc) is 3.07. The van der Waals surface area contributed by atoms with Gasteiger partial charge < -0.3 is 9.45 Å². The molecule has 249 valence electrons.